The number of ether oxygens (including phenoxy) is 1. The molecule has 1 nitrogen and oxygen atoms in total. The molecule has 0 N–H and O–H groups in total. The summed E-state index contributed by atoms with van der Waals surface area (Å²) >= 11 is 0. The first-order chi connectivity index (χ1) is 9.33. The smallest absolute Gasteiger partial charge is 0.0728 e. The van der Waals surface area contributed by atoms with E-state index >= 15 is 0 Å². The Morgan fingerprint density at radius 1 is 0.789 bits per heavy atom. The minimum atomic E-state index is 0.678. The number of hydrogen-bond acceptors (Lipinski definition) is 1. The van der Waals surface area contributed by atoms with E-state index in [1.165, 1.54) is 32.7 Å². The van der Waals surface area contributed by atoms with Crippen molar-refractivity contribution in [3.05, 3.63) is 59.7 Å². The molecule has 3 rings (SSSR count). The summed E-state index contributed by atoms with van der Waals surface area (Å²) in [7, 11) is 0. The highest BCUT2D eigenvalue weighted by atomic mass is 16.5. The number of rotatable bonds is 3. The zero-order valence-corrected chi connectivity index (χ0v) is 11.4. The average molecular weight is 250 g/mol. The van der Waals surface area contributed by atoms with E-state index in [2.05, 4.69) is 55.5 Å². The van der Waals surface area contributed by atoms with Crippen LogP contribution in [0.15, 0.2) is 48.5 Å². The van der Waals surface area contributed by atoms with Crippen LogP contribution in [0.3, 0.4) is 0 Å². The molecular formula is C18H18O. The van der Waals surface area contributed by atoms with Gasteiger partial charge in [0.1, 0.15) is 0 Å². The van der Waals surface area contributed by atoms with Gasteiger partial charge >= 0.3 is 0 Å². The molecule has 3 aromatic carbocycles. The molecule has 0 aliphatic heterocycles. The number of aryl methyl sites for hydroxylation is 1. The zero-order chi connectivity index (χ0) is 13.2. The topological polar surface area (TPSA) is 9.23 Å². The lowest BCUT2D eigenvalue weighted by Crippen LogP contribution is -1.96. The maximum Gasteiger partial charge on any atom is 0.0728 e. The molecule has 0 atom stereocenters. The quantitative estimate of drug-likeness (QED) is 0.604. The molecule has 0 fully saturated rings. The predicted molar refractivity (Wildman–Crippen MR) is 81.5 cm³/mol. The molecule has 0 aromatic heterocycles. The van der Waals surface area contributed by atoms with Crippen LogP contribution in [0.2, 0.25) is 0 Å². The molecular weight excluding hydrogens is 232 g/mol. The van der Waals surface area contributed by atoms with Crippen molar-refractivity contribution in [1.29, 1.82) is 0 Å². The lowest BCUT2D eigenvalue weighted by atomic mass is 9.93. The molecule has 0 spiro atoms. The summed E-state index contributed by atoms with van der Waals surface area (Å²) in [5.74, 6) is 0. The van der Waals surface area contributed by atoms with Crippen molar-refractivity contribution < 1.29 is 4.74 Å². The van der Waals surface area contributed by atoms with E-state index in [0.29, 0.717) is 6.61 Å². The molecule has 0 bridgehead atoms. The van der Waals surface area contributed by atoms with Crippen LogP contribution in [0, 0.1) is 6.92 Å². The molecule has 0 aliphatic carbocycles. The molecule has 3 aromatic rings. The molecule has 0 saturated carbocycles. The molecule has 0 aliphatic rings. The van der Waals surface area contributed by atoms with Crippen molar-refractivity contribution in [2.24, 2.45) is 0 Å². The Hall–Kier alpha value is -1.86. The zero-order valence-electron chi connectivity index (χ0n) is 11.4. The van der Waals surface area contributed by atoms with Gasteiger partial charge in [0, 0.05) is 6.61 Å². The number of benzene rings is 3. The Balaban J connectivity index is 2.42. The highest BCUT2D eigenvalue weighted by Crippen LogP contribution is 2.32. The minimum Gasteiger partial charge on any atom is -0.377 e. The van der Waals surface area contributed by atoms with E-state index in [1.54, 1.807) is 0 Å². The number of hydrogen-bond donors (Lipinski definition) is 0. The summed E-state index contributed by atoms with van der Waals surface area (Å²) in [6.07, 6.45) is 0. The molecule has 1 heteroatoms. The molecule has 0 radical (unpaired) electrons. The normalized spacial score (nSPS) is 11.3. The lowest BCUT2D eigenvalue weighted by Gasteiger charge is -2.14. The minimum absolute atomic E-state index is 0.678. The fraction of sp³-hybridized carbons (Fsp3) is 0.222. The van der Waals surface area contributed by atoms with E-state index in [4.69, 9.17) is 4.74 Å². The molecule has 0 saturated heterocycles. The van der Waals surface area contributed by atoms with Crippen molar-refractivity contribution in [3.8, 4) is 0 Å². The maximum absolute atomic E-state index is 5.68. The highest BCUT2D eigenvalue weighted by molar-refractivity contribution is 6.05. The van der Waals surface area contributed by atoms with Gasteiger partial charge in [0.25, 0.3) is 0 Å². The third kappa shape index (κ3) is 2.00. The van der Waals surface area contributed by atoms with Crippen LogP contribution >= 0.6 is 0 Å². The van der Waals surface area contributed by atoms with Gasteiger partial charge in [-0.2, -0.15) is 0 Å². The highest BCUT2D eigenvalue weighted by Gasteiger charge is 2.10. The van der Waals surface area contributed by atoms with Crippen LogP contribution in [0.25, 0.3) is 21.5 Å². The van der Waals surface area contributed by atoms with Crippen LogP contribution in [0.4, 0.5) is 0 Å². The van der Waals surface area contributed by atoms with E-state index in [-0.39, 0.29) is 0 Å². The molecule has 96 valence electrons. The summed E-state index contributed by atoms with van der Waals surface area (Å²) in [4.78, 5) is 0. The van der Waals surface area contributed by atoms with Crippen LogP contribution in [0.5, 0.6) is 0 Å². The van der Waals surface area contributed by atoms with E-state index < -0.39 is 0 Å². The van der Waals surface area contributed by atoms with E-state index in [1.807, 2.05) is 6.92 Å². The molecule has 0 amide bonds. The standard InChI is InChI=1S/C18H18O/c1-3-19-12-18-16-10-6-4-8-14(16)13(2)15-9-5-7-11-17(15)18/h4-11H,3,12H2,1-2H3. The van der Waals surface area contributed by atoms with Gasteiger partial charge in [-0.05, 0) is 46.5 Å². The third-order valence-corrected chi connectivity index (χ3v) is 3.76. The Morgan fingerprint density at radius 2 is 1.26 bits per heavy atom. The second-order valence-electron chi connectivity index (χ2n) is 4.83. The monoisotopic (exact) mass is 250 g/mol. The first kappa shape index (κ1) is 12.2. The van der Waals surface area contributed by atoms with Crippen molar-refractivity contribution in [3.63, 3.8) is 0 Å². The van der Waals surface area contributed by atoms with Gasteiger partial charge in [-0.25, -0.2) is 0 Å². The van der Waals surface area contributed by atoms with Crippen LogP contribution < -0.4 is 0 Å². The summed E-state index contributed by atoms with van der Waals surface area (Å²) in [5, 5.41) is 5.28. The molecule has 0 unspecified atom stereocenters. The van der Waals surface area contributed by atoms with Crippen LogP contribution in [0.1, 0.15) is 18.1 Å². The van der Waals surface area contributed by atoms with Gasteiger partial charge < -0.3 is 4.74 Å². The summed E-state index contributed by atoms with van der Waals surface area (Å²) in [5.41, 5.74) is 2.66. The molecule has 0 heterocycles. The van der Waals surface area contributed by atoms with Crippen molar-refractivity contribution in [2.75, 3.05) is 6.61 Å². The lowest BCUT2D eigenvalue weighted by molar-refractivity contribution is 0.136. The Kier molecular flexibility index (Phi) is 3.22. The third-order valence-electron chi connectivity index (χ3n) is 3.76. The number of fused-ring (bicyclic) bond motifs is 2. The Labute approximate surface area is 113 Å². The maximum atomic E-state index is 5.68. The fourth-order valence-electron chi connectivity index (χ4n) is 2.80. The SMILES string of the molecule is CCOCc1c2ccccc2c(C)c2ccccc12. The Bertz CT molecular complexity index is 671. The van der Waals surface area contributed by atoms with Gasteiger partial charge in [-0.3, -0.25) is 0 Å². The van der Waals surface area contributed by atoms with Gasteiger partial charge in [0.05, 0.1) is 6.61 Å². The first-order valence-corrected chi connectivity index (χ1v) is 6.79. The Morgan fingerprint density at radius 3 is 1.74 bits per heavy atom. The van der Waals surface area contributed by atoms with Crippen molar-refractivity contribution in [1.82, 2.24) is 0 Å². The van der Waals surface area contributed by atoms with E-state index in [0.717, 1.165) is 6.61 Å². The largest absolute Gasteiger partial charge is 0.377 e. The van der Waals surface area contributed by atoms with Gasteiger partial charge in [-0.15, -0.1) is 0 Å². The van der Waals surface area contributed by atoms with Gasteiger partial charge in [0.2, 0.25) is 0 Å². The van der Waals surface area contributed by atoms with Gasteiger partial charge in [0.15, 0.2) is 0 Å². The second-order valence-corrected chi connectivity index (χ2v) is 4.83. The molecule has 19 heavy (non-hydrogen) atoms. The summed E-state index contributed by atoms with van der Waals surface area (Å²) < 4.78 is 5.68. The average Bonchev–Trinajstić information content (AvgIpc) is 2.47. The van der Waals surface area contributed by atoms with E-state index in [9.17, 15) is 0 Å². The first-order valence-electron chi connectivity index (χ1n) is 6.79. The predicted octanol–water partition coefficient (Wildman–Crippen LogP) is 4.84. The summed E-state index contributed by atoms with van der Waals surface area (Å²) in [6, 6.07) is 17.2. The van der Waals surface area contributed by atoms with Crippen LogP contribution in [-0.2, 0) is 11.3 Å². The fourth-order valence-corrected chi connectivity index (χ4v) is 2.80. The van der Waals surface area contributed by atoms with Crippen LogP contribution in [-0.4, -0.2) is 6.61 Å². The van der Waals surface area contributed by atoms with Crippen molar-refractivity contribution >= 4 is 21.5 Å². The van der Waals surface area contributed by atoms with Crippen molar-refractivity contribution in [2.45, 2.75) is 20.5 Å². The second kappa shape index (κ2) is 5.02. The summed E-state index contributed by atoms with van der Waals surface area (Å²) in [6.45, 7) is 5.67. The van der Waals surface area contributed by atoms with Gasteiger partial charge in [-0.1, -0.05) is 48.5 Å².